The lowest BCUT2D eigenvalue weighted by Crippen LogP contribution is -2.26. The number of phenolic OH excluding ortho intramolecular Hbond substituents is 1. The number of fused-ring (bicyclic) bond motifs is 1. The van der Waals surface area contributed by atoms with Gasteiger partial charge >= 0.3 is 0 Å². The molecule has 0 saturated heterocycles. The number of aryl methyl sites for hydroxylation is 1. The van der Waals surface area contributed by atoms with Gasteiger partial charge in [-0.25, -0.2) is 0 Å². The fourth-order valence-electron chi connectivity index (χ4n) is 3.88. The number of rotatable bonds is 6. The third-order valence-corrected chi connectivity index (χ3v) is 5.10. The van der Waals surface area contributed by atoms with E-state index in [1.165, 1.54) is 29.4 Å². The zero-order valence-corrected chi connectivity index (χ0v) is 13.9. The van der Waals surface area contributed by atoms with E-state index in [9.17, 15) is 5.11 Å². The van der Waals surface area contributed by atoms with Gasteiger partial charge in [0.1, 0.15) is 5.75 Å². The van der Waals surface area contributed by atoms with Gasteiger partial charge in [-0.1, -0.05) is 58.4 Å². The highest BCUT2D eigenvalue weighted by molar-refractivity contribution is 5.92. The van der Waals surface area contributed by atoms with Crippen LogP contribution in [0, 0.1) is 0 Å². The third kappa shape index (κ3) is 2.66. The molecule has 1 N–H and O–H groups in total. The molecule has 0 atom stereocenters. The molecular formula is C20H28O. The van der Waals surface area contributed by atoms with Gasteiger partial charge in [-0.05, 0) is 53.7 Å². The van der Waals surface area contributed by atoms with Crippen molar-refractivity contribution < 1.29 is 5.11 Å². The van der Waals surface area contributed by atoms with Crippen molar-refractivity contribution in [1.29, 1.82) is 0 Å². The van der Waals surface area contributed by atoms with Gasteiger partial charge in [-0.15, -0.1) is 0 Å². The van der Waals surface area contributed by atoms with Crippen LogP contribution in [0.25, 0.3) is 10.8 Å². The SMILES string of the molecule is CCCC(CC)(CC)c1c(CC)cc(O)c2ccccc12. The lowest BCUT2D eigenvalue weighted by Gasteiger charge is -2.35. The van der Waals surface area contributed by atoms with E-state index in [4.69, 9.17) is 0 Å². The first-order chi connectivity index (χ1) is 10.1. The molecule has 2 aromatic rings. The number of hydrogen-bond donors (Lipinski definition) is 1. The first-order valence-corrected chi connectivity index (χ1v) is 8.37. The fourth-order valence-corrected chi connectivity index (χ4v) is 3.88. The summed E-state index contributed by atoms with van der Waals surface area (Å²) in [5.41, 5.74) is 3.02. The zero-order valence-electron chi connectivity index (χ0n) is 13.9. The van der Waals surface area contributed by atoms with E-state index < -0.39 is 0 Å². The summed E-state index contributed by atoms with van der Waals surface area (Å²) < 4.78 is 0. The van der Waals surface area contributed by atoms with Crippen molar-refractivity contribution >= 4 is 10.8 Å². The van der Waals surface area contributed by atoms with Crippen molar-refractivity contribution in [2.75, 3.05) is 0 Å². The lowest BCUT2D eigenvalue weighted by molar-refractivity contribution is 0.361. The third-order valence-electron chi connectivity index (χ3n) is 5.10. The zero-order chi connectivity index (χ0) is 15.5. The van der Waals surface area contributed by atoms with Gasteiger partial charge in [0.25, 0.3) is 0 Å². The molecule has 0 aliphatic carbocycles. The first-order valence-electron chi connectivity index (χ1n) is 8.37. The van der Waals surface area contributed by atoms with E-state index in [0.29, 0.717) is 5.75 Å². The Kier molecular flexibility index (Phi) is 4.92. The lowest BCUT2D eigenvalue weighted by atomic mass is 9.69. The van der Waals surface area contributed by atoms with Crippen molar-refractivity contribution in [2.24, 2.45) is 0 Å². The van der Waals surface area contributed by atoms with Crippen LogP contribution in [0.15, 0.2) is 30.3 Å². The van der Waals surface area contributed by atoms with E-state index in [1.54, 1.807) is 0 Å². The van der Waals surface area contributed by atoms with Crippen LogP contribution in [0.3, 0.4) is 0 Å². The molecular weight excluding hydrogens is 256 g/mol. The molecule has 0 spiro atoms. The largest absolute Gasteiger partial charge is 0.507 e. The van der Waals surface area contributed by atoms with Gasteiger partial charge in [0.2, 0.25) is 0 Å². The minimum Gasteiger partial charge on any atom is -0.507 e. The molecule has 0 aliphatic heterocycles. The highest BCUT2D eigenvalue weighted by Gasteiger charge is 2.31. The summed E-state index contributed by atoms with van der Waals surface area (Å²) in [6, 6.07) is 10.3. The molecule has 1 heteroatoms. The summed E-state index contributed by atoms with van der Waals surface area (Å²) in [7, 11) is 0. The number of benzene rings is 2. The van der Waals surface area contributed by atoms with E-state index in [-0.39, 0.29) is 5.41 Å². The van der Waals surface area contributed by atoms with Crippen molar-refractivity contribution in [3.05, 3.63) is 41.5 Å². The van der Waals surface area contributed by atoms with Gasteiger partial charge < -0.3 is 5.11 Å². The smallest absolute Gasteiger partial charge is 0.123 e. The van der Waals surface area contributed by atoms with E-state index in [0.717, 1.165) is 24.6 Å². The maximum Gasteiger partial charge on any atom is 0.123 e. The van der Waals surface area contributed by atoms with Gasteiger partial charge in [0, 0.05) is 5.39 Å². The Morgan fingerprint density at radius 1 is 0.952 bits per heavy atom. The summed E-state index contributed by atoms with van der Waals surface area (Å²) in [5, 5.41) is 12.6. The van der Waals surface area contributed by atoms with Gasteiger partial charge in [-0.3, -0.25) is 0 Å². The Labute approximate surface area is 129 Å². The molecule has 1 nitrogen and oxygen atoms in total. The molecule has 2 aromatic carbocycles. The predicted octanol–water partition coefficient (Wildman–Crippen LogP) is 5.97. The van der Waals surface area contributed by atoms with Crippen molar-refractivity contribution in [2.45, 2.75) is 65.2 Å². The maximum atomic E-state index is 10.3. The monoisotopic (exact) mass is 284 g/mol. The predicted molar refractivity (Wildman–Crippen MR) is 92.2 cm³/mol. The maximum absolute atomic E-state index is 10.3. The Hall–Kier alpha value is -1.50. The van der Waals surface area contributed by atoms with Crippen LogP contribution in [-0.4, -0.2) is 5.11 Å². The minimum absolute atomic E-state index is 0.230. The summed E-state index contributed by atoms with van der Waals surface area (Å²) >= 11 is 0. The Balaban J connectivity index is 2.85. The Morgan fingerprint density at radius 3 is 2.10 bits per heavy atom. The molecule has 0 unspecified atom stereocenters. The van der Waals surface area contributed by atoms with Crippen LogP contribution in [0.2, 0.25) is 0 Å². The quantitative estimate of drug-likeness (QED) is 0.693. The van der Waals surface area contributed by atoms with Crippen molar-refractivity contribution in [3.8, 4) is 5.75 Å². The highest BCUT2D eigenvalue weighted by Crippen LogP contribution is 2.44. The van der Waals surface area contributed by atoms with Gasteiger partial charge in [0.15, 0.2) is 0 Å². The second-order valence-electron chi connectivity index (χ2n) is 6.07. The minimum atomic E-state index is 0.230. The summed E-state index contributed by atoms with van der Waals surface area (Å²) in [5.74, 6) is 0.420. The molecule has 0 bridgehead atoms. The van der Waals surface area contributed by atoms with Crippen LogP contribution in [-0.2, 0) is 11.8 Å². The van der Waals surface area contributed by atoms with Crippen LogP contribution in [0.1, 0.15) is 64.5 Å². The van der Waals surface area contributed by atoms with E-state index in [2.05, 4.69) is 39.8 Å². The van der Waals surface area contributed by atoms with Crippen LogP contribution >= 0.6 is 0 Å². The van der Waals surface area contributed by atoms with Crippen LogP contribution < -0.4 is 0 Å². The fraction of sp³-hybridized carbons (Fsp3) is 0.500. The normalized spacial score (nSPS) is 12.0. The average molecular weight is 284 g/mol. The topological polar surface area (TPSA) is 20.2 Å². The Bertz CT molecular complexity index is 609. The second-order valence-corrected chi connectivity index (χ2v) is 6.07. The molecule has 0 aromatic heterocycles. The van der Waals surface area contributed by atoms with Crippen LogP contribution in [0.4, 0.5) is 0 Å². The number of hydrogen-bond acceptors (Lipinski definition) is 1. The van der Waals surface area contributed by atoms with E-state index in [1.807, 2.05) is 18.2 Å². The molecule has 0 radical (unpaired) electrons. The molecule has 0 aliphatic rings. The van der Waals surface area contributed by atoms with Crippen molar-refractivity contribution in [1.82, 2.24) is 0 Å². The summed E-state index contributed by atoms with van der Waals surface area (Å²) in [6.07, 6.45) is 5.68. The van der Waals surface area contributed by atoms with E-state index >= 15 is 0 Å². The van der Waals surface area contributed by atoms with Gasteiger partial charge in [-0.2, -0.15) is 0 Å². The molecule has 0 saturated carbocycles. The standard InChI is InChI=1S/C20H28O/c1-5-13-20(7-3,8-4)19-15(6-2)14-18(21)16-11-9-10-12-17(16)19/h9-12,14,21H,5-8,13H2,1-4H3. The highest BCUT2D eigenvalue weighted by atomic mass is 16.3. The second kappa shape index (κ2) is 6.51. The van der Waals surface area contributed by atoms with Gasteiger partial charge in [0.05, 0.1) is 0 Å². The number of phenols is 1. The number of aromatic hydroxyl groups is 1. The summed E-state index contributed by atoms with van der Waals surface area (Å²) in [4.78, 5) is 0. The molecule has 2 rings (SSSR count). The average Bonchev–Trinajstić information content (AvgIpc) is 2.53. The molecule has 0 fully saturated rings. The first kappa shape index (κ1) is 15.9. The van der Waals surface area contributed by atoms with Crippen LogP contribution in [0.5, 0.6) is 5.75 Å². The molecule has 21 heavy (non-hydrogen) atoms. The Morgan fingerprint density at radius 2 is 1.57 bits per heavy atom. The molecule has 0 amide bonds. The van der Waals surface area contributed by atoms with Crippen molar-refractivity contribution in [3.63, 3.8) is 0 Å². The molecule has 0 heterocycles. The molecule has 114 valence electrons. The summed E-state index contributed by atoms with van der Waals surface area (Å²) in [6.45, 7) is 9.07.